The molecule has 0 aromatic rings. The van der Waals surface area contributed by atoms with Crippen molar-refractivity contribution >= 4 is 13.8 Å². The Morgan fingerprint density at radius 3 is 1.46 bits per heavy atom. The smallest absolute Gasteiger partial charge is 0.457 e. The average Bonchev–Trinajstić information content (AvgIpc) is 3.20. The van der Waals surface area contributed by atoms with E-state index in [9.17, 15) is 19.4 Å². The van der Waals surface area contributed by atoms with Gasteiger partial charge in [-0.15, -0.1) is 0 Å². The number of aliphatic hydroxyl groups excluding tert-OH is 2. The molecule has 336 valence electrons. The average molecular weight is 829 g/mol. The maximum atomic E-state index is 12.6. The number of unbranched alkanes of at least 4 members (excludes halogenated alkanes) is 25. The largest absolute Gasteiger partial charge is 0.472 e. The standard InChI is InChI=1S/C47H89O9P/c1-3-5-7-9-11-13-15-17-19-21-23-25-27-29-31-33-35-37-39-47(50)56-46(44-55-57(51,52)54-42-45(49)41-48)43-53-40-38-36-34-32-30-28-26-24-22-20-18-16-14-12-10-8-6-4-2/h12,14,18-21,45-46,48-49H,3-11,13,15-17,22-44H2,1-2H3,(H,51,52)/b14-12-,20-18-,21-19-. The summed E-state index contributed by atoms with van der Waals surface area (Å²) in [5, 5.41) is 18.4. The van der Waals surface area contributed by atoms with Crippen LogP contribution in [0.5, 0.6) is 0 Å². The Hall–Kier alpha value is -1.32. The fourth-order valence-electron chi connectivity index (χ4n) is 6.44. The fraction of sp³-hybridized carbons (Fsp3) is 0.851. The molecule has 0 fully saturated rings. The summed E-state index contributed by atoms with van der Waals surface area (Å²) in [6.45, 7) is 3.50. The molecule has 0 heterocycles. The molecule has 0 aromatic carbocycles. The van der Waals surface area contributed by atoms with Gasteiger partial charge in [-0.05, 0) is 70.6 Å². The Morgan fingerprint density at radius 2 is 0.947 bits per heavy atom. The van der Waals surface area contributed by atoms with Crippen LogP contribution in [0.15, 0.2) is 36.5 Å². The third-order valence-corrected chi connectivity index (χ3v) is 11.0. The van der Waals surface area contributed by atoms with Gasteiger partial charge in [0.25, 0.3) is 0 Å². The second kappa shape index (κ2) is 44.2. The first-order valence-corrected chi connectivity index (χ1v) is 25.0. The first-order chi connectivity index (χ1) is 27.8. The Morgan fingerprint density at radius 1 is 0.544 bits per heavy atom. The SMILES string of the molecule is CCCCC/C=C\C/C=C\CCCCCCCCCCOCC(COP(=O)(O)OCC(O)CO)OC(=O)CCCCCCCCC/C=C\CCCCCCCCC. The van der Waals surface area contributed by atoms with E-state index in [0.29, 0.717) is 6.61 Å². The summed E-state index contributed by atoms with van der Waals surface area (Å²) in [5.74, 6) is -0.388. The van der Waals surface area contributed by atoms with E-state index in [2.05, 4.69) is 50.3 Å². The Kier molecular flexibility index (Phi) is 43.2. The van der Waals surface area contributed by atoms with Crippen molar-refractivity contribution in [3.05, 3.63) is 36.5 Å². The minimum absolute atomic E-state index is 0.0447. The third kappa shape index (κ3) is 44.1. The van der Waals surface area contributed by atoms with Gasteiger partial charge in [-0.25, -0.2) is 4.57 Å². The predicted molar refractivity (Wildman–Crippen MR) is 237 cm³/mol. The van der Waals surface area contributed by atoms with Crippen molar-refractivity contribution in [1.82, 2.24) is 0 Å². The molecule has 0 amide bonds. The highest BCUT2D eigenvalue weighted by molar-refractivity contribution is 7.47. The number of phosphoric ester groups is 1. The highest BCUT2D eigenvalue weighted by Gasteiger charge is 2.26. The molecule has 0 saturated carbocycles. The van der Waals surface area contributed by atoms with Crippen LogP contribution >= 0.6 is 7.82 Å². The molecule has 0 saturated heterocycles. The molecule has 9 nitrogen and oxygen atoms in total. The van der Waals surface area contributed by atoms with E-state index >= 15 is 0 Å². The lowest BCUT2D eigenvalue weighted by molar-refractivity contribution is -0.154. The summed E-state index contributed by atoms with van der Waals surface area (Å²) < 4.78 is 33.4. The van der Waals surface area contributed by atoms with Crippen LogP contribution in [0.2, 0.25) is 0 Å². The number of esters is 1. The summed E-state index contributed by atoms with van der Waals surface area (Å²) in [4.78, 5) is 22.6. The molecule has 0 spiro atoms. The molecular formula is C47H89O9P. The first kappa shape index (κ1) is 55.7. The second-order valence-corrected chi connectivity index (χ2v) is 17.2. The topological polar surface area (TPSA) is 132 Å². The maximum absolute atomic E-state index is 12.6. The van der Waals surface area contributed by atoms with E-state index in [0.717, 1.165) is 64.2 Å². The summed E-state index contributed by atoms with van der Waals surface area (Å²) >= 11 is 0. The van der Waals surface area contributed by atoms with E-state index in [4.69, 9.17) is 23.6 Å². The molecule has 0 rings (SSSR count). The maximum Gasteiger partial charge on any atom is 0.472 e. The zero-order valence-electron chi connectivity index (χ0n) is 36.8. The van der Waals surface area contributed by atoms with Crippen molar-refractivity contribution in [3.8, 4) is 0 Å². The van der Waals surface area contributed by atoms with E-state index < -0.39 is 33.2 Å². The summed E-state index contributed by atoms with van der Waals surface area (Å²) in [6.07, 6.45) is 48.1. The van der Waals surface area contributed by atoms with Crippen molar-refractivity contribution in [3.63, 3.8) is 0 Å². The van der Waals surface area contributed by atoms with Gasteiger partial charge in [-0.1, -0.05) is 172 Å². The van der Waals surface area contributed by atoms with Gasteiger partial charge in [0.05, 0.1) is 26.4 Å². The molecule has 0 aliphatic rings. The minimum atomic E-state index is -4.52. The number of hydrogen-bond donors (Lipinski definition) is 3. The molecule has 3 N–H and O–H groups in total. The molecule has 0 aliphatic heterocycles. The Balaban J connectivity index is 4.14. The normalized spacial score (nSPS) is 14.3. The van der Waals surface area contributed by atoms with Gasteiger partial charge in [-0.3, -0.25) is 13.8 Å². The van der Waals surface area contributed by atoms with Crippen LogP contribution in [0.3, 0.4) is 0 Å². The van der Waals surface area contributed by atoms with Crippen molar-refractivity contribution in [1.29, 1.82) is 0 Å². The van der Waals surface area contributed by atoms with E-state index in [-0.39, 0.29) is 25.6 Å². The number of aliphatic hydroxyl groups is 2. The lowest BCUT2D eigenvalue weighted by Gasteiger charge is -2.20. The summed E-state index contributed by atoms with van der Waals surface area (Å²) in [7, 11) is -4.52. The number of carbonyl (C=O) groups is 1. The van der Waals surface area contributed by atoms with Gasteiger partial charge in [-0.2, -0.15) is 0 Å². The number of carbonyl (C=O) groups excluding carboxylic acids is 1. The number of hydrogen-bond acceptors (Lipinski definition) is 8. The number of allylic oxidation sites excluding steroid dienone is 6. The molecule has 0 aliphatic carbocycles. The van der Waals surface area contributed by atoms with Crippen LogP contribution in [0.1, 0.15) is 213 Å². The van der Waals surface area contributed by atoms with Crippen LogP contribution in [0.25, 0.3) is 0 Å². The molecule has 0 radical (unpaired) electrons. The van der Waals surface area contributed by atoms with Crippen LogP contribution in [0.4, 0.5) is 0 Å². The van der Waals surface area contributed by atoms with Crippen molar-refractivity contribution in [2.45, 2.75) is 225 Å². The van der Waals surface area contributed by atoms with E-state index in [1.54, 1.807) is 0 Å². The van der Waals surface area contributed by atoms with Crippen LogP contribution < -0.4 is 0 Å². The fourth-order valence-corrected chi connectivity index (χ4v) is 7.23. The molecule has 57 heavy (non-hydrogen) atoms. The molecule has 0 aromatic heterocycles. The Labute approximate surface area is 350 Å². The number of phosphoric acid groups is 1. The predicted octanol–water partition coefficient (Wildman–Crippen LogP) is 13.2. The molecule has 0 bridgehead atoms. The van der Waals surface area contributed by atoms with E-state index in [1.807, 2.05) is 0 Å². The number of ether oxygens (including phenoxy) is 2. The van der Waals surface area contributed by atoms with Crippen molar-refractivity contribution in [2.75, 3.05) is 33.0 Å². The lowest BCUT2D eigenvalue weighted by Crippen LogP contribution is -2.29. The van der Waals surface area contributed by atoms with Crippen LogP contribution in [-0.2, 0) is 27.9 Å². The third-order valence-electron chi connectivity index (χ3n) is 10.0. The zero-order valence-corrected chi connectivity index (χ0v) is 37.7. The summed E-state index contributed by atoms with van der Waals surface area (Å²) in [6, 6.07) is 0. The molecule has 3 unspecified atom stereocenters. The monoisotopic (exact) mass is 829 g/mol. The van der Waals surface area contributed by atoms with Gasteiger partial charge < -0.3 is 24.6 Å². The minimum Gasteiger partial charge on any atom is -0.457 e. The van der Waals surface area contributed by atoms with Crippen LogP contribution in [0, 0.1) is 0 Å². The van der Waals surface area contributed by atoms with Crippen LogP contribution in [-0.4, -0.2) is 66.3 Å². The molecule has 10 heteroatoms. The highest BCUT2D eigenvalue weighted by atomic mass is 31.2. The molecular weight excluding hydrogens is 739 g/mol. The van der Waals surface area contributed by atoms with Gasteiger partial charge in [0.2, 0.25) is 0 Å². The van der Waals surface area contributed by atoms with Gasteiger partial charge in [0, 0.05) is 13.0 Å². The van der Waals surface area contributed by atoms with Gasteiger partial charge in [0.15, 0.2) is 0 Å². The second-order valence-electron chi connectivity index (χ2n) is 15.8. The van der Waals surface area contributed by atoms with Crippen molar-refractivity contribution in [2.24, 2.45) is 0 Å². The lowest BCUT2D eigenvalue weighted by atomic mass is 10.1. The zero-order chi connectivity index (χ0) is 41.8. The number of rotatable bonds is 45. The Bertz CT molecular complexity index is 986. The van der Waals surface area contributed by atoms with E-state index in [1.165, 1.54) is 128 Å². The summed E-state index contributed by atoms with van der Waals surface area (Å²) in [5.41, 5.74) is 0. The van der Waals surface area contributed by atoms with Gasteiger partial charge in [0.1, 0.15) is 12.2 Å². The first-order valence-electron chi connectivity index (χ1n) is 23.5. The van der Waals surface area contributed by atoms with Crippen molar-refractivity contribution < 1.29 is 43.0 Å². The highest BCUT2D eigenvalue weighted by Crippen LogP contribution is 2.43. The quantitative estimate of drug-likeness (QED) is 0.0237. The van der Waals surface area contributed by atoms with Gasteiger partial charge >= 0.3 is 13.8 Å². The molecule has 3 atom stereocenters.